The Kier molecular flexibility index (Phi) is 5.70. The summed E-state index contributed by atoms with van der Waals surface area (Å²) in [7, 11) is 1.72. The van der Waals surface area contributed by atoms with Gasteiger partial charge in [0.25, 0.3) is 5.91 Å². The van der Waals surface area contributed by atoms with E-state index in [0.717, 1.165) is 22.4 Å². The van der Waals surface area contributed by atoms with Crippen molar-refractivity contribution in [2.24, 2.45) is 4.99 Å². The van der Waals surface area contributed by atoms with Crippen molar-refractivity contribution in [3.63, 3.8) is 0 Å². The fourth-order valence-corrected chi connectivity index (χ4v) is 3.50. The number of benzene rings is 3. The molecule has 5 nitrogen and oxygen atoms in total. The summed E-state index contributed by atoms with van der Waals surface area (Å²) in [6.07, 6.45) is -0.111. The Morgan fingerprint density at radius 3 is 2.30 bits per heavy atom. The molecule has 0 saturated heterocycles. The van der Waals surface area contributed by atoms with Gasteiger partial charge in [-0.2, -0.15) is 0 Å². The molecule has 3 aromatic rings. The Morgan fingerprint density at radius 2 is 1.57 bits per heavy atom. The maximum absolute atomic E-state index is 13.1. The van der Waals surface area contributed by atoms with E-state index in [1.807, 2.05) is 84.9 Å². The third-order valence-electron chi connectivity index (χ3n) is 5.07. The van der Waals surface area contributed by atoms with Gasteiger partial charge in [0.2, 0.25) is 0 Å². The Bertz CT molecular complexity index is 1080. The molecule has 3 aromatic carbocycles. The molecule has 30 heavy (non-hydrogen) atoms. The summed E-state index contributed by atoms with van der Waals surface area (Å²) in [6, 6.07) is 26.0. The van der Waals surface area contributed by atoms with E-state index in [-0.39, 0.29) is 18.9 Å². The lowest BCUT2D eigenvalue weighted by atomic mass is 10.0. The van der Waals surface area contributed by atoms with E-state index in [1.165, 1.54) is 0 Å². The van der Waals surface area contributed by atoms with Crippen LogP contribution in [0.2, 0.25) is 0 Å². The highest BCUT2D eigenvalue weighted by Crippen LogP contribution is 2.28. The van der Waals surface area contributed by atoms with Crippen molar-refractivity contribution in [1.29, 1.82) is 0 Å². The number of hydrogen-bond donors (Lipinski definition) is 0. The van der Waals surface area contributed by atoms with Gasteiger partial charge in [0.05, 0.1) is 17.8 Å². The summed E-state index contributed by atoms with van der Waals surface area (Å²) in [5.74, 6) is -0.683. The van der Waals surface area contributed by atoms with Gasteiger partial charge in [0.15, 0.2) is 0 Å². The molecule has 4 rings (SSSR count). The SMILES string of the molecule is CN1C(=O)[C@H](CC(=O)OCc2ccccc2)N=C(c2ccccc2)c2ccccc21. The highest BCUT2D eigenvalue weighted by atomic mass is 16.5. The number of aliphatic imine (C=N–C) groups is 1. The summed E-state index contributed by atoms with van der Waals surface area (Å²) in [5, 5.41) is 0. The highest BCUT2D eigenvalue weighted by molar-refractivity contribution is 6.20. The molecular weight excluding hydrogens is 376 g/mol. The first kappa shape index (κ1) is 19.6. The van der Waals surface area contributed by atoms with Crippen LogP contribution in [0.15, 0.2) is 89.9 Å². The number of benzodiazepines with no additional fused rings is 1. The molecule has 0 bridgehead atoms. The second-order valence-corrected chi connectivity index (χ2v) is 7.12. The van der Waals surface area contributed by atoms with Crippen LogP contribution in [0.4, 0.5) is 5.69 Å². The standard InChI is InChI=1S/C25H22N2O3/c1-27-22-15-9-8-14-20(22)24(19-12-6-3-7-13-19)26-21(25(27)29)16-23(28)30-17-18-10-4-2-5-11-18/h2-15,21H,16-17H2,1H3/t21-/m0/s1. The number of carbonyl (C=O) groups excluding carboxylic acids is 2. The van der Waals surface area contributed by atoms with Crippen molar-refractivity contribution in [3.8, 4) is 0 Å². The summed E-state index contributed by atoms with van der Waals surface area (Å²) in [6.45, 7) is 0.173. The molecule has 0 saturated carbocycles. The zero-order valence-corrected chi connectivity index (χ0v) is 16.7. The summed E-state index contributed by atoms with van der Waals surface area (Å²) in [4.78, 5) is 31.9. The van der Waals surface area contributed by atoms with Gasteiger partial charge < -0.3 is 9.64 Å². The second-order valence-electron chi connectivity index (χ2n) is 7.12. The number of hydrogen-bond acceptors (Lipinski definition) is 4. The maximum Gasteiger partial charge on any atom is 0.308 e. The van der Waals surface area contributed by atoms with Gasteiger partial charge in [-0.25, -0.2) is 0 Å². The third kappa shape index (κ3) is 4.15. The van der Waals surface area contributed by atoms with E-state index in [9.17, 15) is 9.59 Å². The number of fused-ring (bicyclic) bond motifs is 1. The van der Waals surface area contributed by atoms with Gasteiger partial charge in [-0.3, -0.25) is 14.6 Å². The van der Waals surface area contributed by atoms with Crippen LogP contribution in [-0.4, -0.2) is 30.7 Å². The largest absolute Gasteiger partial charge is 0.461 e. The molecule has 0 aromatic heterocycles. The van der Waals surface area contributed by atoms with Crippen LogP contribution in [0.3, 0.4) is 0 Å². The van der Waals surface area contributed by atoms with Gasteiger partial charge in [0, 0.05) is 18.2 Å². The van der Waals surface area contributed by atoms with Crippen molar-refractivity contribution < 1.29 is 14.3 Å². The molecule has 0 fully saturated rings. The first-order valence-electron chi connectivity index (χ1n) is 9.83. The molecule has 1 amide bonds. The molecule has 0 spiro atoms. The second kappa shape index (κ2) is 8.74. The first-order valence-corrected chi connectivity index (χ1v) is 9.83. The minimum absolute atomic E-state index is 0.111. The van der Waals surface area contributed by atoms with Crippen LogP contribution in [0, 0.1) is 0 Å². The van der Waals surface area contributed by atoms with Crippen LogP contribution in [-0.2, 0) is 20.9 Å². The van der Waals surface area contributed by atoms with Crippen LogP contribution in [0.5, 0.6) is 0 Å². The minimum atomic E-state index is -0.846. The minimum Gasteiger partial charge on any atom is -0.461 e. The molecule has 0 N–H and O–H groups in total. The van der Waals surface area contributed by atoms with E-state index >= 15 is 0 Å². The summed E-state index contributed by atoms with van der Waals surface area (Å²) in [5.41, 5.74) is 4.13. The number of rotatable bonds is 5. The monoisotopic (exact) mass is 398 g/mol. The molecule has 0 radical (unpaired) electrons. The molecule has 5 heteroatoms. The molecular formula is C25H22N2O3. The smallest absolute Gasteiger partial charge is 0.308 e. The molecule has 1 heterocycles. The number of ether oxygens (including phenoxy) is 1. The Hall–Kier alpha value is -3.73. The number of likely N-dealkylation sites (N-methyl/N-ethyl adjacent to an activating group) is 1. The van der Waals surface area contributed by atoms with E-state index in [2.05, 4.69) is 0 Å². The summed E-state index contributed by atoms with van der Waals surface area (Å²) >= 11 is 0. The quantitative estimate of drug-likeness (QED) is 0.611. The fraction of sp³-hybridized carbons (Fsp3) is 0.160. The average Bonchev–Trinajstić information content (AvgIpc) is 2.90. The summed E-state index contributed by atoms with van der Waals surface area (Å²) < 4.78 is 5.39. The van der Waals surface area contributed by atoms with Crippen LogP contribution >= 0.6 is 0 Å². The number of anilines is 1. The van der Waals surface area contributed by atoms with Crippen LogP contribution < -0.4 is 4.90 Å². The van der Waals surface area contributed by atoms with Crippen molar-refractivity contribution >= 4 is 23.3 Å². The van der Waals surface area contributed by atoms with Crippen molar-refractivity contribution in [2.45, 2.75) is 19.1 Å². The van der Waals surface area contributed by atoms with Gasteiger partial charge in [-0.05, 0) is 11.6 Å². The zero-order chi connectivity index (χ0) is 20.9. The molecule has 150 valence electrons. The fourth-order valence-electron chi connectivity index (χ4n) is 3.50. The number of esters is 1. The Morgan fingerprint density at radius 1 is 0.933 bits per heavy atom. The van der Waals surface area contributed by atoms with Crippen molar-refractivity contribution in [1.82, 2.24) is 0 Å². The lowest BCUT2D eigenvalue weighted by molar-refractivity contribution is -0.146. The number of amides is 1. The Balaban J connectivity index is 1.62. The van der Waals surface area contributed by atoms with Gasteiger partial charge in [-0.1, -0.05) is 78.9 Å². The molecule has 0 aliphatic carbocycles. The molecule has 0 unspecified atom stereocenters. The molecule has 1 aliphatic rings. The number of para-hydroxylation sites is 1. The lowest BCUT2D eigenvalue weighted by Crippen LogP contribution is -2.36. The Labute approximate surface area is 175 Å². The number of nitrogens with zero attached hydrogens (tertiary/aromatic N) is 2. The molecule has 1 aliphatic heterocycles. The van der Waals surface area contributed by atoms with Gasteiger partial charge in [-0.15, -0.1) is 0 Å². The van der Waals surface area contributed by atoms with E-state index in [1.54, 1.807) is 11.9 Å². The lowest BCUT2D eigenvalue weighted by Gasteiger charge is -2.20. The van der Waals surface area contributed by atoms with Crippen LogP contribution in [0.25, 0.3) is 0 Å². The van der Waals surface area contributed by atoms with E-state index < -0.39 is 12.0 Å². The maximum atomic E-state index is 13.1. The molecule has 1 atom stereocenters. The zero-order valence-electron chi connectivity index (χ0n) is 16.7. The van der Waals surface area contributed by atoms with Gasteiger partial charge in [0.1, 0.15) is 12.6 Å². The predicted octanol–water partition coefficient (Wildman–Crippen LogP) is 4.00. The normalized spacial score (nSPS) is 15.8. The number of carbonyl (C=O) groups is 2. The predicted molar refractivity (Wildman–Crippen MR) is 117 cm³/mol. The van der Waals surface area contributed by atoms with Crippen molar-refractivity contribution in [2.75, 3.05) is 11.9 Å². The van der Waals surface area contributed by atoms with Crippen molar-refractivity contribution in [3.05, 3.63) is 102 Å². The third-order valence-corrected chi connectivity index (χ3v) is 5.07. The average molecular weight is 398 g/mol. The van der Waals surface area contributed by atoms with E-state index in [0.29, 0.717) is 5.71 Å². The first-order chi connectivity index (χ1) is 14.6. The van der Waals surface area contributed by atoms with Crippen LogP contribution in [0.1, 0.15) is 23.1 Å². The van der Waals surface area contributed by atoms with E-state index in [4.69, 9.17) is 9.73 Å². The van der Waals surface area contributed by atoms with Gasteiger partial charge >= 0.3 is 5.97 Å². The highest BCUT2D eigenvalue weighted by Gasteiger charge is 2.31. The topological polar surface area (TPSA) is 59.0 Å².